The van der Waals surface area contributed by atoms with Gasteiger partial charge >= 0.3 is 0 Å². The number of hydrogen-bond acceptors (Lipinski definition) is 5. The van der Waals surface area contributed by atoms with Crippen molar-refractivity contribution in [2.24, 2.45) is 0 Å². The minimum absolute atomic E-state index is 0.146. The van der Waals surface area contributed by atoms with E-state index in [9.17, 15) is 5.11 Å². The molecule has 1 N–H and O–H groups in total. The summed E-state index contributed by atoms with van der Waals surface area (Å²) in [5.41, 5.74) is 1.09. The lowest BCUT2D eigenvalue weighted by Crippen LogP contribution is -2.37. The second kappa shape index (κ2) is 6.06. The molecular formula is C15H24N4O. The van der Waals surface area contributed by atoms with Crippen LogP contribution in [-0.2, 0) is 0 Å². The standard InChI is InChI=1S/C15H24N4O/c1-18-7-3-2-4-14(18)13-10-16-11-15(17-13)19-8-5-12(20)6-9-19/h10-12,14,20H,2-9H2,1H3/t14-/m0/s1. The first-order valence-electron chi connectivity index (χ1n) is 7.69. The Morgan fingerprint density at radius 2 is 1.90 bits per heavy atom. The molecule has 1 aromatic heterocycles. The largest absolute Gasteiger partial charge is 0.393 e. The van der Waals surface area contributed by atoms with Gasteiger partial charge < -0.3 is 10.0 Å². The van der Waals surface area contributed by atoms with Gasteiger partial charge in [0.15, 0.2) is 0 Å². The van der Waals surface area contributed by atoms with Gasteiger partial charge in [-0.15, -0.1) is 0 Å². The van der Waals surface area contributed by atoms with Crippen molar-refractivity contribution in [1.82, 2.24) is 14.9 Å². The molecule has 1 aromatic rings. The Hall–Kier alpha value is -1.20. The number of hydrogen-bond donors (Lipinski definition) is 1. The molecule has 2 aliphatic heterocycles. The monoisotopic (exact) mass is 276 g/mol. The maximum atomic E-state index is 9.60. The first-order chi connectivity index (χ1) is 9.74. The van der Waals surface area contributed by atoms with Crippen LogP contribution in [-0.4, -0.2) is 52.8 Å². The number of aliphatic hydroxyl groups excluding tert-OH is 1. The van der Waals surface area contributed by atoms with Gasteiger partial charge in [0.1, 0.15) is 5.82 Å². The van der Waals surface area contributed by atoms with Crippen LogP contribution < -0.4 is 4.90 Å². The third-order valence-electron chi connectivity index (χ3n) is 4.54. The van der Waals surface area contributed by atoms with Gasteiger partial charge in [0, 0.05) is 13.1 Å². The van der Waals surface area contributed by atoms with Crippen molar-refractivity contribution in [3.8, 4) is 0 Å². The molecule has 1 atom stereocenters. The molecule has 5 heteroatoms. The summed E-state index contributed by atoms with van der Waals surface area (Å²) in [5, 5.41) is 9.60. The highest BCUT2D eigenvalue weighted by Crippen LogP contribution is 2.29. The van der Waals surface area contributed by atoms with E-state index >= 15 is 0 Å². The van der Waals surface area contributed by atoms with Crippen LogP contribution in [0.15, 0.2) is 12.4 Å². The van der Waals surface area contributed by atoms with E-state index < -0.39 is 0 Å². The minimum atomic E-state index is -0.146. The highest BCUT2D eigenvalue weighted by atomic mass is 16.3. The maximum Gasteiger partial charge on any atom is 0.147 e. The molecule has 2 fully saturated rings. The Balaban J connectivity index is 1.75. The Morgan fingerprint density at radius 3 is 2.65 bits per heavy atom. The van der Waals surface area contributed by atoms with Crippen LogP contribution >= 0.6 is 0 Å². The lowest BCUT2D eigenvalue weighted by Gasteiger charge is -2.33. The Kier molecular flexibility index (Phi) is 4.17. The summed E-state index contributed by atoms with van der Waals surface area (Å²) in [6, 6.07) is 0.409. The average molecular weight is 276 g/mol. The fraction of sp³-hybridized carbons (Fsp3) is 0.733. The lowest BCUT2D eigenvalue weighted by molar-refractivity contribution is 0.145. The predicted molar refractivity (Wildman–Crippen MR) is 78.7 cm³/mol. The zero-order valence-corrected chi connectivity index (χ0v) is 12.2. The van der Waals surface area contributed by atoms with E-state index in [2.05, 4.69) is 21.8 Å². The Morgan fingerprint density at radius 1 is 1.10 bits per heavy atom. The third-order valence-corrected chi connectivity index (χ3v) is 4.54. The topological polar surface area (TPSA) is 52.5 Å². The number of aromatic nitrogens is 2. The van der Waals surface area contributed by atoms with E-state index in [4.69, 9.17) is 4.98 Å². The van der Waals surface area contributed by atoms with E-state index in [0.717, 1.165) is 44.0 Å². The van der Waals surface area contributed by atoms with Gasteiger partial charge in [0.05, 0.1) is 30.2 Å². The number of nitrogens with zero attached hydrogens (tertiary/aromatic N) is 4. The Bertz CT molecular complexity index is 445. The van der Waals surface area contributed by atoms with Gasteiger partial charge in [-0.1, -0.05) is 6.42 Å². The quantitative estimate of drug-likeness (QED) is 0.889. The summed E-state index contributed by atoms with van der Waals surface area (Å²) < 4.78 is 0. The summed E-state index contributed by atoms with van der Waals surface area (Å²) in [6.07, 6.45) is 9.00. The summed E-state index contributed by atoms with van der Waals surface area (Å²) in [6.45, 7) is 2.89. The number of rotatable bonds is 2. The second-order valence-electron chi connectivity index (χ2n) is 6.01. The zero-order chi connectivity index (χ0) is 13.9. The second-order valence-corrected chi connectivity index (χ2v) is 6.01. The third kappa shape index (κ3) is 2.94. The van der Waals surface area contributed by atoms with Crippen molar-refractivity contribution in [3.05, 3.63) is 18.1 Å². The van der Waals surface area contributed by atoms with Crippen molar-refractivity contribution in [2.75, 3.05) is 31.6 Å². The number of likely N-dealkylation sites (tertiary alicyclic amines) is 1. The molecular weight excluding hydrogens is 252 g/mol. The molecule has 3 rings (SSSR count). The molecule has 0 spiro atoms. The average Bonchev–Trinajstić information content (AvgIpc) is 2.49. The first kappa shape index (κ1) is 13.8. The molecule has 0 aliphatic carbocycles. The molecule has 0 radical (unpaired) electrons. The van der Waals surface area contributed by atoms with Crippen LogP contribution in [0.1, 0.15) is 43.8 Å². The van der Waals surface area contributed by atoms with Gasteiger partial charge in [0.25, 0.3) is 0 Å². The minimum Gasteiger partial charge on any atom is -0.393 e. The first-order valence-corrected chi connectivity index (χ1v) is 7.69. The van der Waals surface area contributed by atoms with Gasteiger partial charge in [-0.2, -0.15) is 0 Å². The van der Waals surface area contributed by atoms with Crippen molar-refractivity contribution in [1.29, 1.82) is 0 Å². The lowest BCUT2D eigenvalue weighted by atomic mass is 10.0. The van der Waals surface area contributed by atoms with Crippen LogP contribution in [0.3, 0.4) is 0 Å². The number of aliphatic hydroxyl groups is 1. The molecule has 0 unspecified atom stereocenters. The van der Waals surface area contributed by atoms with Crippen molar-refractivity contribution < 1.29 is 5.11 Å². The van der Waals surface area contributed by atoms with E-state index in [0.29, 0.717) is 6.04 Å². The Labute approximate surface area is 120 Å². The van der Waals surface area contributed by atoms with Gasteiger partial charge in [-0.05, 0) is 39.3 Å². The normalized spacial score (nSPS) is 25.9. The molecule has 3 heterocycles. The summed E-state index contributed by atoms with van der Waals surface area (Å²) in [4.78, 5) is 13.9. The van der Waals surface area contributed by atoms with Crippen LogP contribution in [0, 0.1) is 0 Å². The predicted octanol–water partition coefficient (Wildman–Crippen LogP) is 1.59. The van der Waals surface area contributed by atoms with Crippen molar-refractivity contribution in [2.45, 2.75) is 44.2 Å². The summed E-state index contributed by atoms with van der Waals surface area (Å²) in [5.74, 6) is 0.966. The van der Waals surface area contributed by atoms with E-state index in [1.807, 2.05) is 12.4 Å². The molecule has 0 aromatic carbocycles. The molecule has 0 amide bonds. The SMILES string of the molecule is CN1CCCC[C@H]1c1cncc(N2CCC(O)CC2)n1. The molecule has 2 aliphatic rings. The highest BCUT2D eigenvalue weighted by molar-refractivity contribution is 5.37. The maximum absolute atomic E-state index is 9.60. The van der Waals surface area contributed by atoms with Gasteiger partial charge in [-0.3, -0.25) is 9.88 Å². The molecule has 110 valence electrons. The van der Waals surface area contributed by atoms with Gasteiger partial charge in [0.2, 0.25) is 0 Å². The smallest absolute Gasteiger partial charge is 0.147 e. The molecule has 20 heavy (non-hydrogen) atoms. The number of piperidine rings is 2. The molecule has 5 nitrogen and oxygen atoms in total. The molecule has 0 saturated carbocycles. The van der Waals surface area contributed by atoms with Crippen molar-refractivity contribution in [3.63, 3.8) is 0 Å². The molecule has 0 bridgehead atoms. The van der Waals surface area contributed by atoms with Crippen LogP contribution in [0.25, 0.3) is 0 Å². The van der Waals surface area contributed by atoms with E-state index in [1.54, 1.807) is 0 Å². The van der Waals surface area contributed by atoms with Crippen molar-refractivity contribution >= 4 is 5.82 Å². The number of anilines is 1. The van der Waals surface area contributed by atoms with Crippen LogP contribution in [0.4, 0.5) is 5.82 Å². The van der Waals surface area contributed by atoms with E-state index in [-0.39, 0.29) is 6.10 Å². The van der Waals surface area contributed by atoms with Gasteiger partial charge in [-0.25, -0.2) is 4.98 Å². The molecule has 2 saturated heterocycles. The van der Waals surface area contributed by atoms with E-state index in [1.165, 1.54) is 19.3 Å². The van der Waals surface area contributed by atoms with Crippen LogP contribution in [0.5, 0.6) is 0 Å². The summed E-state index contributed by atoms with van der Waals surface area (Å²) >= 11 is 0. The summed E-state index contributed by atoms with van der Waals surface area (Å²) in [7, 11) is 2.18. The fourth-order valence-electron chi connectivity index (χ4n) is 3.23. The van der Waals surface area contributed by atoms with Crippen LogP contribution in [0.2, 0.25) is 0 Å². The fourth-order valence-corrected chi connectivity index (χ4v) is 3.23. The highest BCUT2D eigenvalue weighted by Gasteiger charge is 2.24. The zero-order valence-electron chi connectivity index (χ0n) is 12.2.